The maximum atomic E-state index is 12.1. The Morgan fingerprint density at radius 2 is 1.96 bits per heavy atom. The molecular formula is C18H18N4O4S. The summed E-state index contributed by atoms with van der Waals surface area (Å²) < 4.78 is 6.24. The Labute approximate surface area is 159 Å². The second-order valence-corrected chi connectivity index (χ2v) is 6.90. The van der Waals surface area contributed by atoms with Crippen LogP contribution in [0.4, 0.5) is 5.69 Å². The summed E-state index contributed by atoms with van der Waals surface area (Å²) in [5.41, 5.74) is 1.11. The molecule has 0 unspecified atom stereocenters. The Balaban J connectivity index is 1.57. The van der Waals surface area contributed by atoms with Crippen LogP contribution in [0.2, 0.25) is 0 Å². The van der Waals surface area contributed by atoms with Gasteiger partial charge in [-0.05, 0) is 35.7 Å². The van der Waals surface area contributed by atoms with Crippen LogP contribution < -0.4 is 11.1 Å². The zero-order valence-corrected chi connectivity index (χ0v) is 15.7. The van der Waals surface area contributed by atoms with Crippen LogP contribution >= 0.6 is 11.3 Å². The smallest absolute Gasteiger partial charge is 0.387 e. The van der Waals surface area contributed by atoms with E-state index < -0.39 is 5.76 Å². The fraction of sp³-hybridized carbons (Fsp3) is 0.222. The first-order valence-electron chi connectivity index (χ1n) is 8.17. The molecule has 3 aromatic rings. The van der Waals surface area contributed by atoms with Crippen LogP contribution in [-0.2, 0) is 11.3 Å². The van der Waals surface area contributed by atoms with Gasteiger partial charge in [0.05, 0.1) is 11.4 Å². The molecule has 0 atom stereocenters. The molecule has 0 aliphatic carbocycles. The Bertz CT molecular complexity index is 987. The van der Waals surface area contributed by atoms with Gasteiger partial charge < -0.3 is 14.6 Å². The number of thiophene rings is 1. The number of aryl methyl sites for hydroxylation is 1. The summed E-state index contributed by atoms with van der Waals surface area (Å²) in [6, 6.07) is 10.2. The second kappa shape index (κ2) is 8.00. The molecule has 0 aliphatic heterocycles. The number of hydrogen-bond donors (Lipinski definition) is 1. The van der Waals surface area contributed by atoms with Gasteiger partial charge in [-0.1, -0.05) is 6.07 Å². The minimum absolute atomic E-state index is 0.0642. The molecule has 3 rings (SSSR count). The highest BCUT2D eigenvalue weighted by Crippen LogP contribution is 2.21. The lowest BCUT2D eigenvalue weighted by molar-refractivity contribution is -0.116. The fourth-order valence-corrected chi connectivity index (χ4v) is 2.98. The Morgan fingerprint density at radius 1 is 1.22 bits per heavy atom. The monoisotopic (exact) mass is 386 g/mol. The number of nitrogens with zero attached hydrogens (tertiary/aromatic N) is 3. The van der Waals surface area contributed by atoms with Crippen LogP contribution in [0.3, 0.4) is 0 Å². The third-order valence-electron chi connectivity index (χ3n) is 3.71. The highest BCUT2D eigenvalue weighted by atomic mass is 32.1. The van der Waals surface area contributed by atoms with Crippen LogP contribution in [0.1, 0.15) is 16.8 Å². The number of carbonyl (C=O) groups is 2. The Morgan fingerprint density at radius 3 is 2.59 bits per heavy atom. The number of rotatable bonds is 6. The topological polar surface area (TPSA) is 97.4 Å². The van der Waals surface area contributed by atoms with E-state index in [4.69, 9.17) is 4.42 Å². The number of hydrogen-bond acceptors (Lipinski definition) is 6. The molecule has 0 spiro atoms. The molecule has 9 heteroatoms. The summed E-state index contributed by atoms with van der Waals surface area (Å²) in [5, 5.41) is 8.69. The van der Waals surface area contributed by atoms with Gasteiger partial charge >= 0.3 is 5.76 Å². The quantitative estimate of drug-likeness (QED) is 0.701. The summed E-state index contributed by atoms with van der Waals surface area (Å²) in [6.45, 7) is 0.108. The number of aromatic nitrogens is 2. The van der Waals surface area contributed by atoms with E-state index in [1.54, 1.807) is 44.4 Å². The van der Waals surface area contributed by atoms with Gasteiger partial charge in [0, 0.05) is 31.8 Å². The zero-order valence-electron chi connectivity index (χ0n) is 14.8. The lowest BCUT2D eigenvalue weighted by atomic mass is 10.2. The van der Waals surface area contributed by atoms with Crippen molar-refractivity contribution in [2.24, 2.45) is 0 Å². The molecule has 1 N–H and O–H groups in total. The molecule has 0 saturated carbocycles. The van der Waals surface area contributed by atoms with E-state index >= 15 is 0 Å². The summed E-state index contributed by atoms with van der Waals surface area (Å²) in [5.74, 6) is -0.733. The van der Waals surface area contributed by atoms with Crippen molar-refractivity contribution < 1.29 is 14.0 Å². The fourth-order valence-electron chi connectivity index (χ4n) is 2.33. The molecule has 0 fully saturated rings. The van der Waals surface area contributed by atoms with Crippen molar-refractivity contribution in [2.75, 3.05) is 19.4 Å². The van der Waals surface area contributed by atoms with Gasteiger partial charge in [-0.15, -0.1) is 16.4 Å². The summed E-state index contributed by atoms with van der Waals surface area (Å²) in [6.07, 6.45) is 0.0642. The minimum Gasteiger partial charge on any atom is -0.387 e. The highest BCUT2D eigenvalue weighted by Gasteiger charge is 2.13. The van der Waals surface area contributed by atoms with Gasteiger partial charge in [0.2, 0.25) is 5.91 Å². The van der Waals surface area contributed by atoms with E-state index in [1.165, 1.54) is 16.2 Å². The van der Waals surface area contributed by atoms with Crippen LogP contribution in [0, 0.1) is 0 Å². The number of anilines is 1. The maximum absolute atomic E-state index is 12.1. The zero-order chi connectivity index (χ0) is 19.4. The molecule has 2 aromatic heterocycles. The molecule has 0 radical (unpaired) electrons. The third-order valence-corrected chi connectivity index (χ3v) is 4.57. The SMILES string of the molecule is CN(C)C(=O)c1ccc(NC(=O)CCn2nc(-c3cccs3)oc2=O)cc1. The lowest BCUT2D eigenvalue weighted by Gasteiger charge is -2.11. The van der Waals surface area contributed by atoms with Crippen molar-refractivity contribution in [3.63, 3.8) is 0 Å². The summed E-state index contributed by atoms with van der Waals surface area (Å²) >= 11 is 1.41. The van der Waals surface area contributed by atoms with Gasteiger partial charge in [0.25, 0.3) is 11.8 Å². The third kappa shape index (κ3) is 4.50. The van der Waals surface area contributed by atoms with E-state index in [-0.39, 0.29) is 30.7 Å². The molecule has 0 saturated heterocycles. The van der Waals surface area contributed by atoms with Crippen LogP contribution in [0.15, 0.2) is 51.0 Å². The molecular weight excluding hydrogens is 368 g/mol. The van der Waals surface area contributed by atoms with E-state index in [0.29, 0.717) is 11.3 Å². The van der Waals surface area contributed by atoms with Gasteiger partial charge in [0.1, 0.15) is 0 Å². The Hall–Kier alpha value is -3.20. The number of carbonyl (C=O) groups excluding carboxylic acids is 2. The molecule has 1 aromatic carbocycles. The number of benzene rings is 1. The first-order chi connectivity index (χ1) is 12.9. The van der Waals surface area contributed by atoms with Crippen molar-refractivity contribution in [2.45, 2.75) is 13.0 Å². The Kier molecular flexibility index (Phi) is 5.51. The normalized spacial score (nSPS) is 10.6. The first-order valence-corrected chi connectivity index (χ1v) is 9.05. The average molecular weight is 386 g/mol. The second-order valence-electron chi connectivity index (χ2n) is 5.95. The molecule has 2 amide bonds. The number of amides is 2. The van der Waals surface area contributed by atoms with Gasteiger partial charge in [0.15, 0.2) is 0 Å². The largest absolute Gasteiger partial charge is 0.437 e. The molecule has 27 heavy (non-hydrogen) atoms. The van der Waals surface area contributed by atoms with Crippen molar-refractivity contribution in [3.05, 3.63) is 57.9 Å². The molecule has 0 bridgehead atoms. The predicted octanol–water partition coefficient (Wildman–Crippen LogP) is 2.30. The van der Waals surface area contributed by atoms with Crippen LogP contribution in [0.5, 0.6) is 0 Å². The summed E-state index contributed by atoms with van der Waals surface area (Å²) in [7, 11) is 3.35. The van der Waals surface area contributed by atoms with Crippen molar-refractivity contribution in [3.8, 4) is 10.8 Å². The van der Waals surface area contributed by atoms with Crippen LogP contribution in [0.25, 0.3) is 10.8 Å². The maximum Gasteiger partial charge on any atom is 0.437 e. The standard InChI is InChI=1S/C18H18N4O4S/c1-21(2)17(24)12-5-7-13(8-6-12)19-15(23)9-10-22-18(25)26-16(20-22)14-4-3-11-27-14/h3-8,11H,9-10H2,1-2H3,(H,19,23). The van der Waals surface area contributed by atoms with Gasteiger partial charge in [-0.2, -0.15) is 4.68 Å². The van der Waals surface area contributed by atoms with E-state index in [9.17, 15) is 14.4 Å². The van der Waals surface area contributed by atoms with Crippen molar-refractivity contribution in [1.29, 1.82) is 0 Å². The van der Waals surface area contributed by atoms with Gasteiger partial charge in [-0.3, -0.25) is 9.59 Å². The van der Waals surface area contributed by atoms with Crippen molar-refractivity contribution in [1.82, 2.24) is 14.7 Å². The molecule has 0 aliphatic rings. The first kappa shape index (κ1) is 18.6. The van der Waals surface area contributed by atoms with Crippen molar-refractivity contribution >= 4 is 28.8 Å². The lowest BCUT2D eigenvalue weighted by Crippen LogP contribution is -2.22. The molecule has 2 heterocycles. The highest BCUT2D eigenvalue weighted by molar-refractivity contribution is 7.13. The van der Waals surface area contributed by atoms with E-state index in [1.807, 2.05) is 11.4 Å². The summed E-state index contributed by atoms with van der Waals surface area (Å²) in [4.78, 5) is 38.0. The van der Waals surface area contributed by atoms with E-state index in [0.717, 1.165) is 9.56 Å². The molecule has 8 nitrogen and oxygen atoms in total. The van der Waals surface area contributed by atoms with Gasteiger partial charge in [-0.25, -0.2) is 4.79 Å². The van der Waals surface area contributed by atoms with Crippen LogP contribution in [-0.4, -0.2) is 40.6 Å². The molecule has 140 valence electrons. The number of nitrogens with one attached hydrogen (secondary N) is 1. The predicted molar refractivity (Wildman–Crippen MR) is 102 cm³/mol. The minimum atomic E-state index is -0.599. The van der Waals surface area contributed by atoms with E-state index in [2.05, 4.69) is 10.4 Å². The average Bonchev–Trinajstić information content (AvgIpc) is 3.29.